The fourth-order valence-corrected chi connectivity index (χ4v) is 3.41. The van der Waals surface area contributed by atoms with Gasteiger partial charge in [-0.1, -0.05) is 13.8 Å². The van der Waals surface area contributed by atoms with Gasteiger partial charge in [0.25, 0.3) is 0 Å². The van der Waals surface area contributed by atoms with Crippen LogP contribution >= 0.6 is 0 Å². The van der Waals surface area contributed by atoms with E-state index in [9.17, 15) is 5.11 Å². The third kappa shape index (κ3) is 2.84. The number of aromatic amines is 1. The number of H-pyrrole nitrogens is 1. The van der Waals surface area contributed by atoms with Gasteiger partial charge in [0.2, 0.25) is 5.95 Å². The van der Waals surface area contributed by atoms with Crippen molar-refractivity contribution in [2.24, 2.45) is 0 Å². The zero-order chi connectivity index (χ0) is 16.7. The zero-order valence-electron chi connectivity index (χ0n) is 14.2. The fourth-order valence-electron chi connectivity index (χ4n) is 3.41. The number of hydrogen-bond donors (Lipinski definition) is 3. The maximum Gasteiger partial charge on any atom is 0.227 e. The lowest BCUT2D eigenvalue weighted by molar-refractivity contribution is 0.198. The summed E-state index contributed by atoms with van der Waals surface area (Å²) in [6, 6.07) is 2.04. The van der Waals surface area contributed by atoms with E-state index < -0.39 is 0 Å². The van der Waals surface area contributed by atoms with Gasteiger partial charge in [-0.2, -0.15) is 10.1 Å². The number of aliphatic hydroxyl groups excluding tert-OH is 1. The molecule has 4 rings (SSSR count). The minimum Gasteiger partial charge on any atom is -0.391 e. The number of aliphatic hydroxyl groups is 1. The van der Waals surface area contributed by atoms with Gasteiger partial charge in [0.1, 0.15) is 5.82 Å². The van der Waals surface area contributed by atoms with E-state index in [1.54, 1.807) is 0 Å². The van der Waals surface area contributed by atoms with Crippen LogP contribution in [-0.2, 0) is 12.8 Å². The van der Waals surface area contributed by atoms with Crippen molar-refractivity contribution in [3.8, 4) is 0 Å². The Morgan fingerprint density at radius 1 is 1.33 bits per heavy atom. The number of anilines is 3. The predicted molar refractivity (Wildman–Crippen MR) is 92.9 cm³/mol. The molecule has 3 N–H and O–H groups in total. The second-order valence-electron chi connectivity index (χ2n) is 7.03. The monoisotopic (exact) mass is 328 g/mol. The van der Waals surface area contributed by atoms with Gasteiger partial charge in [0.15, 0.2) is 5.82 Å². The summed E-state index contributed by atoms with van der Waals surface area (Å²) in [4.78, 5) is 11.6. The molecule has 3 heterocycles. The maximum absolute atomic E-state index is 9.79. The minimum absolute atomic E-state index is 0.279. The molecule has 1 aliphatic carbocycles. The molecule has 2 aromatic heterocycles. The fraction of sp³-hybridized carbons (Fsp3) is 0.588. The van der Waals surface area contributed by atoms with Crippen LogP contribution in [0.5, 0.6) is 0 Å². The lowest BCUT2D eigenvalue weighted by atomic mass is 10.1. The molecule has 0 unspecified atom stereocenters. The number of rotatable bonds is 4. The molecule has 0 spiro atoms. The lowest BCUT2D eigenvalue weighted by Gasteiger charge is -2.18. The van der Waals surface area contributed by atoms with Crippen molar-refractivity contribution in [2.75, 3.05) is 23.3 Å². The van der Waals surface area contributed by atoms with E-state index in [1.165, 1.54) is 5.56 Å². The number of hydrogen-bond acceptors (Lipinski definition) is 6. The molecule has 2 aliphatic rings. The number of fused-ring (bicyclic) bond motifs is 1. The van der Waals surface area contributed by atoms with Gasteiger partial charge >= 0.3 is 0 Å². The third-order valence-corrected chi connectivity index (χ3v) is 4.83. The Morgan fingerprint density at radius 3 is 2.92 bits per heavy atom. The largest absolute Gasteiger partial charge is 0.391 e. The standard InChI is InChI=1S/C17H24N6O/c1-10(2)14-8-15(22-21-14)19-16-12-4-3-5-13(12)18-17(20-16)23-7-6-11(24)9-23/h8,10-11,24H,3-7,9H2,1-2H3,(H2,18,19,20,21,22)/t11-/m0/s1. The Hall–Kier alpha value is -2.15. The molecule has 128 valence electrons. The molecule has 0 saturated carbocycles. The average Bonchev–Trinajstić information content (AvgIpc) is 3.26. The highest BCUT2D eigenvalue weighted by molar-refractivity contribution is 5.60. The van der Waals surface area contributed by atoms with Crippen LogP contribution in [0.2, 0.25) is 0 Å². The van der Waals surface area contributed by atoms with Crippen LogP contribution in [0.1, 0.15) is 49.6 Å². The summed E-state index contributed by atoms with van der Waals surface area (Å²) >= 11 is 0. The zero-order valence-corrected chi connectivity index (χ0v) is 14.2. The van der Waals surface area contributed by atoms with Crippen molar-refractivity contribution in [3.05, 3.63) is 23.0 Å². The van der Waals surface area contributed by atoms with Gasteiger partial charge in [0, 0.05) is 30.4 Å². The molecule has 0 bridgehead atoms. The van der Waals surface area contributed by atoms with Crippen LogP contribution in [0.25, 0.3) is 0 Å². The molecule has 0 aromatic carbocycles. The summed E-state index contributed by atoms with van der Waals surface area (Å²) in [5, 5.41) is 20.6. The van der Waals surface area contributed by atoms with Gasteiger partial charge in [-0.15, -0.1) is 0 Å². The average molecular weight is 328 g/mol. The first kappa shape index (κ1) is 15.4. The highest BCUT2D eigenvalue weighted by atomic mass is 16.3. The molecule has 1 saturated heterocycles. The molecule has 1 aliphatic heterocycles. The summed E-state index contributed by atoms with van der Waals surface area (Å²) in [6.07, 6.45) is 3.61. The summed E-state index contributed by atoms with van der Waals surface area (Å²) in [7, 11) is 0. The van der Waals surface area contributed by atoms with Crippen LogP contribution in [0, 0.1) is 0 Å². The van der Waals surface area contributed by atoms with Crippen LogP contribution < -0.4 is 10.2 Å². The smallest absolute Gasteiger partial charge is 0.227 e. The molecule has 0 amide bonds. The van der Waals surface area contributed by atoms with E-state index in [-0.39, 0.29) is 6.10 Å². The molecule has 24 heavy (non-hydrogen) atoms. The molecule has 7 heteroatoms. The highest BCUT2D eigenvalue weighted by Gasteiger charge is 2.26. The topological polar surface area (TPSA) is 90.0 Å². The second-order valence-corrected chi connectivity index (χ2v) is 7.03. The first-order valence-electron chi connectivity index (χ1n) is 8.75. The molecule has 0 radical (unpaired) electrons. The van der Waals surface area contributed by atoms with Gasteiger partial charge in [-0.25, -0.2) is 4.98 Å². The van der Waals surface area contributed by atoms with E-state index in [1.807, 2.05) is 6.07 Å². The summed E-state index contributed by atoms with van der Waals surface area (Å²) in [5.41, 5.74) is 3.43. The quantitative estimate of drug-likeness (QED) is 0.796. The number of β-amino-alcohol motifs (C(OH)–C–C–N with tert-alkyl or cyclic N) is 1. The van der Waals surface area contributed by atoms with Gasteiger partial charge < -0.3 is 15.3 Å². The van der Waals surface area contributed by atoms with Gasteiger partial charge in [0.05, 0.1) is 11.8 Å². The van der Waals surface area contributed by atoms with Crippen LogP contribution in [0.3, 0.4) is 0 Å². The number of aromatic nitrogens is 4. The van der Waals surface area contributed by atoms with Crippen molar-refractivity contribution in [1.82, 2.24) is 20.2 Å². The number of nitrogens with one attached hydrogen (secondary N) is 2. The normalized spacial score (nSPS) is 20.0. The predicted octanol–water partition coefficient (Wildman–Crippen LogP) is 2.13. The van der Waals surface area contributed by atoms with E-state index >= 15 is 0 Å². The second kappa shape index (κ2) is 6.05. The lowest BCUT2D eigenvalue weighted by Crippen LogP contribution is -2.24. The molecule has 7 nitrogen and oxygen atoms in total. The van der Waals surface area contributed by atoms with Gasteiger partial charge in [-0.3, -0.25) is 5.10 Å². The van der Waals surface area contributed by atoms with Crippen molar-refractivity contribution < 1.29 is 5.11 Å². The molecule has 2 aromatic rings. The number of aryl methyl sites for hydroxylation is 1. The van der Waals surface area contributed by atoms with Crippen LogP contribution in [0.4, 0.5) is 17.6 Å². The first-order chi connectivity index (χ1) is 11.6. The van der Waals surface area contributed by atoms with Crippen LogP contribution in [-0.4, -0.2) is 44.5 Å². The van der Waals surface area contributed by atoms with Crippen molar-refractivity contribution >= 4 is 17.6 Å². The van der Waals surface area contributed by atoms with Gasteiger partial charge in [-0.05, 0) is 31.6 Å². The van der Waals surface area contributed by atoms with Crippen molar-refractivity contribution in [1.29, 1.82) is 0 Å². The van der Waals surface area contributed by atoms with E-state index in [0.29, 0.717) is 18.4 Å². The summed E-state index contributed by atoms with van der Waals surface area (Å²) < 4.78 is 0. The molecular formula is C17H24N6O. The Kier molecular flexibility index (Phi) is 3.88. The van der Waals surface area contributed by atoms with E-state index in [4.69, 9.17) is 9.97 Å². The Balaban J connectivity index is 1.64. The van der Waals surface area contributed by atoms with Crippen molar-refractivity contribution in [3.63, 3.8) is 0 Å². The summed E-state index contributed by atoms with van der Waals surface area (Å²) in [5.74, 6) is 2.77. The molecule has 1 fully saturated rings. The third-order valence-electron chi connectivity index (χ3n) is 4.83. The Morgan fingerprint density at radius 2 is 2.21 bits per heavy atom. The van der Waals surface area contributed by atoms with E-state index in [2.05, 4.69) is 34.3 Å². The highest BCUT2D eigenvalue weighted by Crippen LogP contribution is 2.31. The minimum atomic E-state index is -0.279. The summed E-state index contributed by atoms with van der Waals surface area (Å²) in [6.45, 7) is 5.68. The van der Waals surface area contributed by atoms with E-state index in [0.717, 1.165) is 55.3 Å². The van der Waals surface area contributed by atoms with Crippen molar-refractivity contribution in [2.45, 2.75) is 51.6 Å². The Bertz CT molecular complexity index is 741. The van der Waals surface area contributed by atoms with Crippen LogP contribution in [0.15, 0.2) is 6.07 Å². The Labute approximate surface area is 141 Å². The number of nitrogens with zero attached hydrogens (tertiary/aromatic N) is 4. The molecule has 1 atom stereocenters. The molecular weight excluding hydrogens is 304 g/mol. The SMILES string of the molecule is CC(C)c1cc(Nc2nc(N3CC[C@H](O)C3)nc3c2CCC3)n[nH]1. The maximum atomic E-state index is 9.79. The first-order valence-corrected chi connectivity index (χ1v) is 8.75.